The van der Waals surface area contributed by atoms with Crippen LogP contribution in [0.2, 0.25) is 0 Å². The van der Waals surface area contributed by atoms with Gasteiger partial charge in [-0.3, -0.25) is 4.79 Å². The fraction of sp³-hybridized carbons (Fsp3) is 0.174. The summed E-state index contributed by atoms with van der Waals surface area (Å²) in [6.45, 7) is 0.406. The van der Waals surface area contributed by atoms with Crippen molar-refractivity contribution < 1.29 is 14.6 Å². The number of amides is 1. The number of carbonyl (C=O) groups is 1. The van der Waals surface area contributed by atoms with Crippen LogP contribution in [0.15, 0.2) is 72.8 Å². The van der Waals surface area contributed by atoms with Gasteiger partial charge in [0, 0.05) is 18.7 Å². The lowest BCUT2D eigenvalue weighted by Gasteiger charge is -2.18. The van der Waals surface area contributed by atoms with Crippen molar-refractivity contribution in [2.24, 2.45) is 0 Å². The van der Waals surface area contributed by atoms with Crippen LogP contribution in [0, 0.1) is 0 Å². The Labute approximate surface area is 159 Å². The number of ether oxygens (including phenoxy) is 1. The average Bonchev–Trinajstić information content (AvgIpc) is 2.73. The Morgan fingerprint density at radius 3 is 2.26 bits per heavy atom. The van der Waals surface area contributed by atoms with Crippen molar-refractivity contribution in [3.63, 3.8) is 0 Å². The molecule has 4 heteroatoms. The predicted molar refractivity (Wildman–Crippen MR) is 107 cm³/mol. The maximum absolute atomic E-state index is 13.1. The van der Waals surface area contributed by atoms with Gasteiger partial charge in [-0.25, -0.2) is 0 Å². The monoisotopic (exact) mass is 361 g/mol. The third-order valence-electron chi connectivity index (χ3n) is 4.44. The number of aliphatic hydroxyl groups is 1. The second kappa shape index (κ2) is 9.01. The van der Waals surface area contributed by atoms with E-state index >= 15 is 0 Å². The molecule has 3 aromatic rings. The minimum Gasteiger partial charge on any atom is -0.496 e. The average molecular weight is 361 g/mol. The maximum atomic E-state index is 13.1. The van der Waals surface area contributed by atoms with Crippen molar-refractivity contribution >= 4 is 5.91 Å². The number of rotatable bonds is 7. The van der Waals surface area contributed by atoms with Crippen LogP contribution < -0.4 is 10.1 Å². The number of hydrogen-bond acceptors (Lipinski definition) is 3. The fourth-order valence-electron chi connectivity index (χ4n) is 3.14. The Kier molecular flexibility index (Phi) is 6.23. The highest BCUT2D eigenvalue weighted by Crippen LogP contribution is 2.35. The molecule has 2 N–H and O–H groups in total. The molecule has 0 radical (unpaired) electrons. The molecule has 3 aromatic carbocycles. The van der Waals surface area contributed by atoms with Crippen LogP contribution in [-0.4, -0.2) is 24.7 Å². The summed E-state index contributed by atoms with van der Waals surface area (Å²) < 4.78 is 5.54. The molecule has 0 spiro atoms. The van der Waals surface area contributed by atoms with Gasteiger partial charge in [-0.1, -0.05) is 66.7 Å². The molecule has 0 heterocycles. The van der Waals surface area contributed by atoms with E-state index < -0.39 is 0 Å². The van der Waals surface area contributed by atoms with Crippen molar-refractivity contribution in [3.05, 3.63) is 89.5 Å². The molecule has 0 atom stereocenters. The number of nitrogens with one attached hydrogen (secondary N) is 1. The van der Waals surface area contributed by atoms with Crippen molar-refractivity contribution in [1.82, 2.24) is 5.32 Å². The fourth-order valence-corrected chi connectivity index (χ4v) is 3.14. The summed E-state index contributed by atoms with van der Waals surface area (Å²) in [6, 6.07) is 23.2. The summed E-state index contributed by atoms with van der Waals surface area (Å²) in [5, 5.41) is 12.5. The Morgan fingerprint density at radius 1 is 0.963 bits per heavy atom. The van der Waals surface area contributed by atoms with Crippen molar-refractivity contribution in [2.45, 2.75) is 13.0 Å². The van der Waals surface area contributed by atoms with Crippen molar-refractivity contribution in [1.29, 1.82) is 0 Å². The highest BCUT2D eigenvalue weighted by molar-refractivity contribution is 6.03. The zero-order valence-electron chi connectivity index (χ0n) is 15.3. The van der Waals surface area contributed by atoms with Gasteiger partial charge in [-0.2, -0.15) is 0 Å². The number of aliphatic hydroxyl groups excluding tert-OH is 1. The van der Waals surface area contributed by atoms with Crippen LogP contribution in [0.3, 0.4) is 0 Å². The van der Waals surface area contributed by atoms with Crippen LogP contribution in [0.1, 0.15) is 21.5 Å². The molecule has 138 valence electrons. The Morgan fingerprint density at radius 2 is 1.63 bits per heavy atom. The van der Waals surface area contributed by atoms with Gasteiger partial charge in [0.15, 0.2) is 0 Å². The molecular formula is C23H23NO3. The van der Waals surface area contributed by atoms with Crippen LogP contribution in [0.5, 0.6) is 5.75 Å². The zero-order chi connectivity index (χ0) is 19.1. The molecule has 4 nitrogen and oxygen atoms in total. The standard InChI is InChI=1S/C23H23NO3/c1-27-20-13-12-19(14-15-25)22(21(20)18-10-6-3-7-11-18)23(26)24-16-17-8-4-2-5-9-17/h2-13,25H,14-16H2,1H3,(H,24,26). The summed E-state index contributed by atoms with van der Waals surface area (Å²) in [5.74, 6) is 0.452. The third-order valence-corrected chi connectivity index (χ3v) is 4.44. The predicted octanol–water partition coefficient (Wildman–Crippen LogP) is 3.83. The lowest BCUT2D eigenvalue weighted by Crippen LogP contribution is -2.25. The first-order valence-electron chi connectivity index (χ1n) is 8.93. The van der Waals surface area contributed by atoms with E-state index in [0.717, 1.165) is 22.3 Å². The van der Waals surface area contributed by atoms with Crippen LogP contribution >= 0.6 is 0 Å². The highest BCUT2D eigenvalue weighted by Gasteiger charge is 2.21. The first-order valence-corrected chi connectivity index (χ1v) is 8.93. The Balaban J connectivity index is 2.03. The first-order chi connectivity index (χ1) is 13.2. The van der Waals surface area contributed by atoms with Gasteiger partial charge in [0.1, 0.15) is 5.75 Å². The topological polar surface area (TPSA) is 58.6 Å². The van der Waals surface area contributed by atoms with E-state index in [0.29, 0.717) is 24.3 Å². The van der Waals surface area contributed by atoms with Gasteiger partial charge < -0.3 is 15.2 Å². The molecule has 27 heavy (non-hydrogen) atoms. The molecule has 3 rings (SSSR count). The zero-order valence-corrected chi connectivity index (χ0v) is 15.3. The SMILES string of the molecule is COc1ccc(CCO)c(C(=O)NCc2ccccc2)c1-c1ccccc1. The van der Waals surface area contributed by atoms with Crippen molar-refractivity contribution in [3.8, 4) is 16.9 Å². The summed E-state index contributed by atoms with van der Waals surface area (Å²) in [5.41, 5.74) is 4.01. The van der Waals surface area contributed by atoms with Gasteiger partial charge in [-0.15, -0.1) is 0 Å². The molecule has 0 fully saturated rings. The molecule has 0 aliphatic carbocycles. The Bertz CT molecular complexity index is 892. The summed E-state index contributed by atoms with van der Waals surface area (Å²) in [6.07, 6.45) is 0.401. The lowest BCUT2D eigenvalue weighted by atomic mass is 9.92. The molecule has 0 aliphatic rings. The summed E-state index contributed by atoms with van der Waals surface area (Å²) in [4.78, 5) is 13.1. The summed E-state index contributed by atoms with van der Waals surface area (Å²) in [7, 11) is 1.60. The minimum absolute atomic E-state index is 0.0283. The smallest absolute Gasteiger partial charge is 0.252 e. The van der Waals surface area contributed by atoms with Crippen LogP contribution in [-0.2, 0) is 13.0 Å². The first kappa shape index (κ1) is 18.7. The number of carbonyl (C=O) groups excluding carboxylic acids is 1. The maximum Gasteiger partial charge on any atom is 0.252 e. The molecular weight excluding hydrogens is 338 g/mol. The molecule has 0 unspecified atom stereocenters. The lowest BCUT2D eigenvalue weighted by molar-refractivity contribution is 0.0950. The minimum atomic E-state index is -0.181. The van der Waals surface area contributed by atoms with E-state index in [-0.39, 0.29) is 12.5 Å². The molecule has 1 amide bonds. The van der Waals surface area contributed by atoms with E-state index in [1.807, 2.05) is 72.8 Å². The van der Waals surface area contributed by atoms with Gasteiger partial charge in [-0.05, 0) is 29.2 Å². The second-order valence-corrected chi connectivity index (χ2v) is 6.18. The van der Waals surface area contributed by atoms with Gasteiger partial charge in [0.2, 0.25) is 0 Å². The number of benzene rings is 3. The van der Waals surface area contributed by atoms with Gasteiger partial charge in [0.05, 0.1) is 12.7 Å². The van der Waals surface area contributed by atoms with E-state index in [4.69, 9.17) is 4.74 Å². The number of hydrogen-bond donors (Lipinski definition) is 2. The largest absolute Gasteiger partial charge is 0.496 e. The molecule has 0 bridgehead atoms. The van der Waals surface area contributed by atoms with Crippen LogP contribution in [0.4, 0.5) is 0 Å². The molecule has 0 saturated carbocycles. The number of methoxy groups -OCH3 is 1. The highest BCUT2D eigenvalue weighted by atomic mass is 16.5. The molecule has 0 aliphatic heterocycles. The third kappa shape index (κ3) is 4.36. The van der Waals surface area contributed by atoms with Crippen LogP contribution in [0.25, 0.3) is 11.1 Å². The van der Waals surface area contributed by atoms with E-state index in [1.54, 1.807) is 7.11 Å². The van der Waals surface area contributed by atoms with E-state index in [2.05, 4.69) is 5.32 Å². The second-order valence-electron chi connectivity index (χ2n) is 6.18. The van der Waals surface area contributed by atoms with E-state index in [9.17, 15) is 9.90 Å². The van der Waals surface area contributed by atoms with Gasteiger partial charge in [0.25, 0.3) is 5.91 Å². The van der Waals surface area contributed by atoms with Gasteiger partial charge >= 0.3 is 0 Å². The van der Waals surface area contributed by atoms with Crippen molar-refractivity contribution in [2.75, 3.05) is 13.7 Å². The Hall–Kier alpha value is -3.11. The van der Waals surface area contributed by atoms with E-state index in [1.165, 1.54) is 0 Å². The normalized spacial score (nSPS) is 10.4. The molecule has 0 aromatic heterocycles. The quantitative estimate of drug-likeness (QED) is 0.672. The molecule has 0 saturated heterocycles. The summed E-state index contributed by atoms with van der Waals surface area (Å²) >= 11 is 0.